The first-order valence-electron chi connectivity index (χ1n) is 4.50. The van der Waals surface area contributed by atoms with Crippen LogP contribution in [0.4, 0.5) is 0 Å². The lowest BCUT2D eigenvalue weighted by atomic mass is 9.88. The van der Waals surface area contributed by atoms with Crippen molar-refractivity contribution >= 4 is 5.97 Å². The Bertz CT molecular complexity index is 439. The highest BCUT2D eigenvalue weighted by molar-refractivity contribution is 5.89. The van der Waals surface area contributed by atoms with Crippen molar-refractivity contribution in [2.24, 2.45) is 0 Å². The summed E-state index contributed by atoms with van der Waals surface area (Å²) in [6.45, 7) is 5.65. The molecule has 0 aliphatic rings. The van der Waals surface area contributed by atoms with E-state index in [1.54, 1.807) is 0 Å². The van der Waals surface area contributed by atoms with Gasteiger partial charge in [0.05, 0.1) is 16.8 Å². The Kier molecular flexibility index (Phi) is 2.76. The SMILES string of the molecule is CC(C)(C)c1ncc(C#N)cc1C(=O)O. The van der Waals surface area contributed by atoms with Crippen molar-refractivity contribution in [3.05, 3.63) is 29.1 Å². The molecule has 4 heteroatoms. The van der Waals surface area contributed by atoms with Gasteiger partial charge in [0.2, 0.25) is 0 Å². The van der Waals surface area contributed by atoms with Crippen LogP contribution < -0.4 is 0 Å². The van der Waals surface area contributed by atoms with E-state index in [0.29, 0.717) is 5.69 Å². The summed E-state index contributed by atoms with van der Waals surface area (Å²) in [4.78, 5) is 15.0. The molecule has 0 amide bonds. The van der Waals surface area contributed by atoms with Crippen LogP contribution in [0.1, 0.15) is 42.4 Å². The lowest BCUT2D eigenvalue weighted by Gasteiger charge is -2.19. The Morgan fingerprint density at radius 1 is 1.53 bits per heavy atom. The number of nitrogens with zero attached hydrogens (tertiary/aromatic N) is 2. The average Bonchev–Trinajstić information content (AvgIpc) is 2.15. The third kappa shape index (κ3) is 2.32. The molecular formula is C11H12N2O2. The van der Waals surface area contributed by atoms with E-state index < -0.39 is 5.97 Å². The summed E-state index contributed by atoms with van der Waals surface area (Å²) in [7, 11) is 0. The van der Waals surface area contributed by atoms with Gasteiger partial charge in [-0.2, -0.15) is 5.26 Å². The summed E-state index contributed by atoms with van der Waals surface area (Å²) < 4.78 is 0. The number of aromatic carboxylic acids is 1. The van der Waals surface area contributed by atoms with Crippen LogP contribution in [0, 0.1) is 11.3 Å². The lowest BCUT2D eigenvalue weighted by Crippen LogP contribution is -2.19. The normalized spacial score (nSPS) is 10.8. The van der Waals surface area contributed by atoms with E-state index in [1.807, 2.05) is 26.8 Å². The average molecular weight is 204 g/mol. The predicted molar refractivity (Wildman–Crippen MR) is 54.6 cm³/mol. The Hall–Kier alpha value is -1.89. The second kappa shape index (κ2) is 3.70. The van der Waals surface area contributed by atoms with Crippen molar-refractivity contribution in [3.63, 3.8) is 0 Å². The minimum Gasteiger partial charge on any atom is -0.478 e. The second-order valence-electron chi connectivity index (χ2n) is 4.29. The molecule has 0 aliphatic carbocycles. The molecule has 0 saturated heterocycles. The summed E-state index contributed by atoms with van der Waals surface area (Å²) in [5, 5.41) is 17.7. The molecule has 0 unspecified atom stereocenters. The highest BCUT2D eigenvalue weighted by Crippen LogP contribution is 2.24. The van der Waals surface area contributed by atoms with Crippen LogP contribution >= 0.6 is 0 Å². The topological polar surface area (TPSA) is 74.0 Å². The van der Waals surface area contributed by atoms with E-state index in [0.717, 1.165) is 0 Å². The summed E-state index contributed by atoms with van der Waals surface area (Å²) >= 11 is 0. The van der Waals surface area contributed by atoms with Crippen molar-refractivity contribution in [1.29, 1.82) is 5.26 Å². The van der Waals surface area contributed by atoms with E-state index in [9.17, 15) is 4.79 Å². The van der Waals surface area contributed by atoms with Crippen LogP contribution in [0.3, 0.4) is 0 Å². The summed E-state index contributed by atoms with van der Waals surface area (Å²) in [5.74, 6) is -1.05. The van der Waals surface area contributed by atoms with E-state index in [1.165, 1.54) is 12.3 Å². The molecule has 1 N–H and O–H groups in total. The van der Waals surface area contributed by atoms with Crippen LogP contribution in [0.2, 0.25) is 0 Å². The zero-order chi connectivity index (χ0) is 11.6. The Labute approximate surface area is 88.2 Å². The number of pyridine rings is 1. The smallest absolute Gasteiger partial charge is 0.337 e. The molecular weight excluding hydrogens is 192 g/mol. The molecule has 1 rings (SSSR count). The third-order valence-electron chi connectivity index (χ3n) is 1.96. The molecule has 4 nitrogen and oxygen atoms in total. The van der Waals surface area contributed by atoms with Crippen LogP contribution in [-0.4, -0.2) is 16.1 Å². The van der Waals surface area contributed by atoms with Gasteiger partial charge in [-0.05, 0) is 6.07 Å². The van der Waals surface area contributed by atoms with Gasteiger partial charge in [0.1, 0.15) is 6.07 Å². The Balaban J connectivity index is 3.42. The number of aromatic nitrogens is 1. The fourth-order valence-electron chi connectivity index (χ4n) is 1.29. The van der Waals surface area contributed by atoms with Crippen LogP contribution in [0.15, 0.2) is 12.3 Å². The number of hydrogen-bond acceptors (Lipinski definition) is 3. The highest BCUT2D eigenvalue weighted by Gasteiger charge is 2.23. The van der Waals surface area contributed by atoms with Crippen LogP contribution in [0.25, 0.3) is 0 Å². The molecule has 0 aliphatic heterocycles. The molecule has 15 heavy (non-hydrogen) atoms. The second-order valence-corrected chi connectivity index (χ2v) is 4.29. The maximum absolute atomic E-state index is 11.0. The first kappa shape index (κ1) is 11.2. The van der Waals surface area contributed by atoms with Gasteiger partial charge >= 0.3 is 5.97 Å². The number of carbonyl (C=O) groups is 1. The summed E-state index contributed by atoms with van der Waals surface area (Å²) in [6, 6.07) is 3.23. The molecule has 0 atom stereocenters. The summed E-state index contributed by atoms with van der Waals surface area (Å²) in [5.41, 5.74) is 0.512. The molecule has 0 aromatic carbocycles. The standard InChI is InChI=1S/C11H12N2O2/c1-11(2,3)9-8(10(14)15)4-7(5-12)6-13-9/h4,6H,1-3H3,(H,14,15). The van der Waals surface area contributed by atoms with Gasteiger partial charge in [0, 0.05) is 11.6 Å². The zero-order valence-electron chi connectivity index (χ0n) is 8.90. The van der Waals surface area contributed by atoms with Gasteiger partial charge in [0.15, 0.2) is 0 Å². The molecule has 78 valence electrons. The maximum atomic E-state index is 11.0. The van der Waals surface area contributed by atoms with E-state index in [-0.39, 0.29) is 16.5 Å². The molecule has 1 heterocycles. The third-order valence-corrected chi connectivity index (χ3v) is 1.96. The van der Waals surface area contributed by atoms with Gasteiger partial charge in [0.25, 0.3) is 0 Å². The van der Waals surface area contributed by atoms with Gasteiger partial charge in [-0.15, -0.1) is 0 Å². The summed E-state index contributed by atoms with van der Waals surface area (Å²) in [6.07, 6.45) is 1.40. The van der Waals surface area contributed by atoms with Crippen molar-refractivity contribution in [1.82, 2.24) is 4.98 Å². The van der Waals surface area contributed by atoms with Crippen molar-refractivity contribution in [2.45, 2.75) is 26.2 Å². The number of hydrogen-bond donors (Lipinski definition) is 1. The fraction of sp³-hybridized carbons (Fsp3) is 0.364. The van der Waals surface area contributed by atoms with Crippen molar-refractivity contribution in [2.75, 3.05) is 0 Å². The van der Waals surface area contributed by atoms with E-state index >= 15 is 0 Å². The molecule has 0 bridgehead atoms. The number of rotatable bonds is 1. The molecule has 0 radical (unpaired) electrons. The van der Waals surface area contributed by atoms with Gasteiger partial charge in [-0.3, -0.25) is 4.98 Å². The van der Waals surface area contributed by atoms with Gasteiger partial charge < -0.3 is 5.11 Å². The maximum Gasteiger partial charge on any atom is 0.337 e. The number of nitriles is 1. The van der Waals surface area contributed by atoms with Crippen molar-refractivity contribution < 1.29 is 9.90 Å². The highest BCUT2D eigenvalue weighted by atomic mass is 16.4. The first-order valence-corrected chi connectivity index (χ1v) is 4.50. The number of carboxylic acid groups (broad SMARTS) is 1. The first-order chi connectivity index (χ1) is 6.86. The number of carboxylic acids is 1. The largest absolute Gasteiger partial charge is 0.478 e. The van der Waals surface area contributed by atoms with Crippen LogP contribution in [0.5, 0.6) is 0 Å². The van der Waals surface area contributed by atoms with Gasteiger partial charge in [-0.1, -0.05) is 20.8 Å². The minimum absolute atomic E-state index is 0.0987. The fourth-order valence-corrected chi connectivity index (χ4v) is 1.29. The van der Waals surface area contributed by atoms with E-state index in [2.05, 4.69) is 4.98 Å². The Morgan fingerprint density at radius 3 is 2.53 bits per heavy atom. The Morgan fingerprint density at radius 2 is 2.13 bits per heavy atom. The predicted octanol–water partition coefficient (Wildman–Crippen LogP) is 1.95. The molecule has 0 spiro atoms. The molecule has 1 aromatic rings. The van der Waals surface area contributed by atoms with Crippen molar-refractivity contribution in [3.8, 4) is 6.07 Å². The van der Waals surface area contributed by atoms with E-state index in [4.69, 9.17) is 10.4 Å². The molecule has 0 saturated carbocycles. The lowest BCUT2D eigenvalue weighted by molar-refractivity contribution is 0.0693. The monoisotopic (exact) mass is 204 g/mol. The zero-order valence-corrected chi connectivity index (χ0v) is 8.90. The van der Waals surface area contributed by atoms with Gasteiger partial charge in [-0.25, -0.2) is 4.79 Å². The molecule has 0 fully saturated rings. The van der Waals surface area contributed by atoms with Crippen LogP contribution in [-0.2, 0) is 5.41 Å². The molecule has 1 aromatic heterocycles. The quantitative estimate of drug-likeness (QED) is 0.758. The minimum atomic E-state index is -1.05.